The summed E-state index contributed by atoms with van der Waals surface area (Å²) in [6.45, 7) is 2.92. The molecule has 3 aromatic carbocycles. The van der Waals surface area contributed by atoms with Crippen molar-refractivity contribution >= 4 is 50.1 Å². The molecule has 2 aliphatic rings. The summed E-state index contributed by atoms with van der Waals surface area (Å²) in [5.74, 6) is -0.247. The molecule has 0 unspecified atom stereocenters. The summed E-state index contributed by atoms with van der Waals surface area (Å²) in [5.41, 5.74) is 1.13. The topological polar surface area (TPSA) is 86.8 Å². The third-order valence-corrected chi connectivity index (χ3v) is 9.11. The number of sulfonamides is 1. The van der Waals surface area contributed by atoms with E-state index >= 15 is 0 Å². The molecular weight excluding hydrogens is 458 g/mol. The average Bonchev–Trinajstić information content (AvgIpc) is 2.84. The molecule has 170 valence electrons. The van der Waals surface area contributed by atoms with Gasteiger partial charge in [-0.25, -0.2) is 8.42 Å². The van der Waals surface area contributed by atoms with Crippen LogP contribution in [-0.2, 0) is 14.8 Å². The second kappa shape index (κ2) is 8.48. The lowest BCUT2D eigenvalue weighted by atomic mass is 10.1. The normalized spacial score (nSPS) is 19.2. The Balaban J connectivity index is 1.29. The molecule has 33 heavy (non-hydrogen) atoms. The smallest absolute Gasteiger partial charge is 0.254 e. The van der Waals surface area contributed by atoms with E-state index in [2.05, 4.69) is 5.32 Å². The summed E-state index contributed by atoms with van der Waals surface area (Å²) < 4.78 is 27.8. The van der Waals surface area contributed by atoms with Crippen LogP contribution in [0.4, 0.5) is 5.69 Å². The molecule has 2 heterocycles. The minimum absolute atomic E-state index is 0.0791. The molecule has 1 saturated heterocycles. The van der Waals surface area contributed by atoms with E-state index in [4.69, 9.17) is 0 Å². The predicted molar refractivity (Wildman–Crippen MR) is 129 cm³/mol. The van der Waals surface area contributed by atoms with Crippen LogP contribution < -0.4 is 5.32 Å². The maximum absolute atomic E-state index is 13.2. The van der Waals surface area contributed by atoms with Crippen LogP contribution in [-0.4, -0.2) is 60.9 Å². The van der Waals surface area contributed by atoms with E-state index in [1.54, 1.807) is 29.2 Å². The summed E-state index contributed by atoms with van der Waals surface area (Å²) in [6, 6.07) is 18.1. The SMILES string of the molecule is C[C@H]1Sc2ccc(C(=O)N3CCN(S(=O)(=O)c4ccc5ccccc5c4)CC3)cc2NC1=O. The molecular formula is C24H23N3O4S2. The van der Waals surface area contributed by atoms with Gasteiger partial charge in [-0.3, -0.25) is 9.59 Å². The van der Waals surface area contributed by atoms with Gasteiger partial charge in [-0.05, 0) is 48.0 Å². The van der Waals surface area contributed by atoms with E-state index in [1.807, 2.05) is 43.3 Å². The molecule has 0 aromatic heterocycles. The highest BCUT2D eigenvalue weighted by Gasteiger charge is 2.31. The Morgan fingerprint density at radius 1 is 0.970 bits per heavy atom. The minimum atomic E-state index is -3.65. The second-order valence-corrected chi connectivity index (χ2v) is 11.5. The molecule has 0 spiro atoms. The fourth-order valence-corrected chi connectivity index (χ4v) is 6.52. The van der Waals surface area contributed by atoms with Crippen LogP contribution >= 0.6 is 11.8 Å². The zero-order chi connectivity index (χ0) is 23.2. The second-order valence-electron chi connectivity index (χ2n) is 8.17. The Labute approximate surface area is 196 Å². The Bertz CT molecular complexity index is 1370. The number of nitrogens with zero attached hydrogens (tertiary/aromatic N) is 2. The number of hydrogen-bond donors (Lipinski definition) is 1. The summed E-state index contributed by atoms with van der Waals surface area (Å²) in [5, 5.41) is 4.54. The largest absolute Gasteiger partial charge is 0.336 e. The van der Waals surface area contributed by atoms with Gasteiger partial charge in [-0.2, -0.15) is 4.31 Å². The quantitative estimate of drug-likeness (QED) is 0.620. The zero-order valence-electron chi connectivity index (χ0n) is 18.0. The Hall–Kier alpha value is -2.88. The minimum Gasteiger partial charge on any atom is -0.336 e. The third kappa shape index (κ3) is 4.12. The first-order valence-electron chi connectivity index (χ1n) is 10.7. The van der Waals surface area contributed by atoms with Crippen molar-refractivity contribution in [2.24, 2.45) is 0 Å². The number of benzene rings is 3. The van der Waals surface area contributed by atoms with Crippen molar-refractivity contribution in [2.45, 2.75) is 22.0 Å². The van der Waals surface area contributed by atoms with Gasteiger partial charge in [0.15, 0.2) is 0 Å². The summed E-state index contributed by atoms with van der Waals surface area (Å²) in [7, 11) is -3.65. The van der Waals surface area contributed by atoms with Gasteiger partial charge in [0.1, 0.15) is 0 Å². The zero-order valence-corrected chi connectivity index (χ0v) is 19.7. The lowest BCUT2D eigenvalue weighted by molar-refractivity contribution is -0.115. The third-order valence-electron chi connectivity index (χ3n) is 6.04. The van der Waals surface area contributed by atoms with Gasteiger partial charge < -0.3 is 10.2 Å². The predicted octanol–water partition coefficient (Wildman–Crippen LogP) is 3.42. The van der Waals surface area contributed by atoms with Gasteiger partial charge in [-0.1, -0.05) is 30.3 Å². The van der Waals surface area contributed by atoms with E-state index in [1.165, 1.54) is 16.1 Å². The number of anilines is 1. The van der Waals surface area contributed by atoms with E-state index in [9.17, 15) is 18.0 Å². The number of piperazine rings is 1. The number of nitrogens with one attached hydrogen (secondary N) is 1. The highest BCUT2D eigenvalue weighted by Crippen LogP contribution is 2.36. The molecule has 0 radical (unpaired) electrons. The van der Waals surface area contributed by atoms with Crippen LogP contribution in [0.5, 0.6) is 0 Å². The summed E-state index contributed by atoms with van der Waals surface area (Å²) >= 11 is 1.47. The molecule has 5 rings (SSSR count). The van der Waals surface area contributed by atoms with Crippen LogP contribution in [0, 0.1) is 0 Å². The van der Waals surface area contributed by atoms with Gasteiger partial charge in [0.25, 0.3) is 5.91 Å². The van der Waals surface area contributed by atoms with Gasteiger partial charge in [-0.15, -0.1) is 11.8 Å². The van der Waals surface area contributed by atoms with E-state index in [0.29, 0.717) is 24.3 Å². The molecule has 1 atom stereocenters. The molecule has 2 amide bonds. The molecule has 3 aromatic rings. The lowest BCUT2D eigenvalue weighted by Gasteiger charge is -2.34. The maximum atomic E-state index is 13.2. The maximum Gasteiger partial charge on any atom is 0.254 e. The van der Waals surface area contributed by atoms with Crippen molar-refractivity contribution in [3.05, 3.63) is 66.2 Å². The molecule has 0 bridgehead atoms. The monoisotopic (exact) mass is 481 g/mol. The van der Waals surface area contributed by atoms with Crippen molar-refractivity contribution in [1.82, 2.24) is 9.21 Å². The van der Waals surface area contributed by atoms with Crippen molar-refractivity contribution in [2.75, 3.05) is 31.5 Å². The highest BCUT2D eigenvalue weighted by atomic mass is 32.2. The Morgan fingerprint density at radius 3 is 2.45 bits per heavy atom. The van der Waals surface area contributed by atoms with Crippen LogP contribution in [0.3, 0.4) is 0 Å². The molecule has 9 heteroatoms. The number of carbonyl (C=O) groups excluding carboxylic acids is 2. The van der Waals surface area contributed by atoms with Crippen LogP contribution in [0.2, 0.25) is 0 Å². The summed E-state index contributed by atoms with van der Waals surface area (Å²) in [4.78, 5) is 27.9. The lowest BCUT2D eigenvalue weighted by Crippen LogP contribution is -2.50. The molecule has 1 N–H and O–H groups in total. The number of hydrogen-bond acceptors (Lipinski definition) is 5. The van der Waals surface area contributed by atoms with Gasteiger partial charge in [0, 0.05) is 36.6 Å². The Kier molecular flexibility index (Phi) is 5.64. The van der Waals surface area contributed by atoms with Gasteiger partial charge in [0.05, 0.1) is 15.8 Å². The van der Waals surface area contributed by atoms with Crippen molar-refractivity contribution < 1.29 is 18.0 Å². The van der Waals surface area contributed by atoms with Crippen LogP contribution in [0.15, 0.2) is 70.5 Å². The number of amides is 2. The first-order valence-corrected chi connectivity index (χ1v) is 13.0. The van der Waals surface area contributed by atoms with Crippen molar-refractivity contribution in [1.29, 1.82) is 0 Å². The summed E-state index contributed by atoms with van der Waals surface area (Å²) in [6.07, 6.45) is 0. The van der Waals surface area contributed by atoms with Gasteiger partial charge >= 0.3 is 0 Å². The fourth-order valence-electron chi connectivity index (χ4n) is 4.13. The molecule has 0 saturated carbocycles. The number of rotatable bonds is 3. The standard InChI is InChI=1S/C24H23N3O4S2/c1-16-23(28)25-21-15-19(7-9-22(21)32-16)24(29)26-10-12-27(13-11-26)33(30,31)20-8-6-17-4-2-3-5-18(17)14-20/h2-9,14-16H,10-13H2,1H3,(H,25,28)/t16-/m1/s1. The number of fused-ring (bicyclic) bond motifs is 2. The van der Waals surface area contributed by atoms with Crippen LogP contribution in [0.1, 0.15) is 17.3 Å². The number of carbonyl (C=O) groups is 2. The molecule has 0 aliphatic carbocycles. The Morgan fingerprint density at radius 2 is 1.70 bits per heavy atom. The molecule has 7 nitrogen and oxygen atoms in total. The van der Waals surface area contributed by atoms with Crippen LogP contribution in [0.25, 0.3) is 10.8 Å². The van der Waals surface area contributed by atoms with Crippen molar-refractivity contribution in [3.63, 3.8) is 0 Å². The fraction of sp³-hybridized carbons (Fsp3) is 0.250. The first kappa shape index (κ1) is 21.9. The van der Waals surface area contributed by atoms with Crippen molar-refractivity contribution in [3.8, 4) is 0 Å². The van der Waals surface area contributed by atoms with E-state index in [-0.39, 0.29) is 35.0 Å². The van der Waals surface area contributed by atoms with E-state index < -0.39 is 10.0 Å². The molecule has 1 fully saturated rings. The van der Waals surface area contributed by atoms with E-state index in [0.717, 1.165) is 15.7 Å². The molecule has 2 aliphatic heterocycles. The first-order chi connectivity index (χ1) is 15.8. The highest BCUT2D eigenvalue weighted by molar-refractivity contribution is 8.01. The number of thioether (sulfide) groups is 1. The van der Waals surface area contributed by atoms with Gasteiger partial charge in [0.2, 0.25) is 15.9 Å². The average molecular weight is 482 g/mol.